The van der Waals surface area contributed by atoms with Crippen LogP contribution in [0.3, 0.4) is 0 Å². The zero-order valence-electron chi connectivity index (χ0n) is 6.16. The van der Waals surface area contributed by atoms with Gasteiger partial charge in [-0.05, 0) is 12.8 Å². The lowest BCUT2D eigenvalue weighted by atomic mass is 10.2. The second-order valence-electron chi connectivity index (χ2n) is 2.58. The first kappa shape index (κ1) is 8.52. The average molecular weight is 219 g/mol. The van der Waals surface area contributed by atoms with E-state index < -0.39 is 0 Å². The van der Waals surface area contributed by atoms with Gasteiger partial charge in [0.05, 0.1) is 0 Å². The lowest BCUT2D eigenvalue weighted by molar-refractivity contribution is 0.527. The number of fused-ring (bicyclic) bond motifs is 1. The predicted molar refractivity (Wildman–Crippen MR) is 47.7 cm³/mol. The maximum Gasteiger partial charge on any atom is 0.221 e. The Kier molecular flexibility index (Phi) is 2.49. The van der Waals surface area contributed by atoms with E-state index in [2.05, 4.69) is 10.2 Å². The summed E-state index contributed by atoms with van der Waals surface area (Å²) in [5.74, 6) is 1.61. The third-order valence-corrected chi connectivity index (χ3v) is 1.89. The summed E-state index contributed by atoms with van der Waals surface area (Å²) in [7, 11) is 0. The molecule has 2 rings (SSSR count). The molecule has 4 nitrogen and oxygen atoms in total. The van der Waals surface area contributed by atoms with Crippen molar-refractivity contribution >= 4 is 22.9 Å². The Morgan fingerprint density at radius 2 is 2.09 bits per heavy atom. The molecule has 0 fully saturated rings. The fourth-order valence-electron chi connectivity index (χ4n) is 1.33. The van der Waals surface area contributed by atoms with Gasteiger partial charge in [-0.2, -0.15) is 0 Å². The van der Waals surface area contributed by atoms with Gasteiger partial charge in [0.15, 0.2) is 0 Å². The summed E-state index contributed by atoms with van der Waals surface area (Å²) in [4.78, 5) is 0. The van der Waals surface area contributed by atoms with Crippen molar-refractivity contribution in [1.29, 1.82) is 0 Å². The molecule has 0 aliphatic carbocycles. The molecule has 11 heavy (non-hydrogen) atoms. The van der Waals surface area contributed by atoms with Crippen molar-refractivity contribution in [2.45, 2.75) is 25.8 Å². The number of nitrogen functional groups attached to an aromatic ring is 1. The molecule has 2 N–H and O–H groups in total. The fourth-order valence-corrected chi connectivity index (χ4v) is 1.33. The molecule has 0 aromatic carbocycles. The molecular formula is C6H11BrN4. The van der Waals surface area contributed by atoms with Crippen LogP contribution >= 0.6 is 17.0 Å². The third-order valence-electron chi connectivity index (χ3n) is 1.89. The zero-order valence-corrected chi connectivity index (χ0v) is 7.87. The highest BCUT2D eigenvalue weighted by Crippen LogP contribution is 2.14. The second-order valence-corrected chi connectivity index (χ2v) is 2.58. The molecule has 2 heterocycles. The molecule has 0 radical (unpaired) electrons. The SMILES string of the molecule is Br.Nc1nnc2n1CCCC2. The normalized spacial score (nSPS) is 15.3. The highest BCUT2D eigenvalue weighted by Gasteiger charge is 2.12. The minimum Gasteiger partial charge on any atom is -0.368 e. The van der Waals surface area contributed by atoms with Gasteiger partial charge in [-0.3, -0.25) is 4.57 Å². The number of anilines is 1. The van der Waals surface area contributed by atoms with Gasteiger partial charge in [0, 0.05) is 13.0 Å². The van der Waals surface area contributed by atoms with E-state index in [-0.39, 0.29) is 17.0 Å². The van der Waals surface area contributed by atoms with Crippen LogP contribution in [-0.4, -0.2) is 14.8 Å². The van der Waals surface area contributed by atoms with Crippen LogP contribution in [0.4, 0.5) is 5.95 Å². The molecule has 0 spiro atoms. The maximum absolute atomic E-state index is 5.55. The lowest BCUT2D eigenvalue weighted by Gasteiger charge is -2.12. The van der Waals surface area contributed by atoms with Gasteiger partial charge < -0.3 is 5.73 Å². The topological polar surface area (TPSA) is 56.7 Å². The van der Waals surface area contributed by atoms with Crippen molar-refractivity contribution in [3.63, 3.8) is 0 Å². The average Bonchev–Trinajstić information content (AvgIpc) is 2.34. The van der Waals surface area contributed by atoms with E-state index in [4.69, 9.17) is 5.73 Å². The van der Waals surface area contributed by atoms with Crippen LogP contribution in [0.15, 0.2) is 0 Å². The number of rotatable bonds is 0. The van der Waals surface area contributed by atoms with E-state index in [0.717, 1.165) is 18.8 Å². The summed E-state index contributed by atoms with van der Waals surface area (Å²) in [6.07, 6.45) is 3.46. The molecule has 62 valence electrons. The maximum atomic E-state index is 5.55. The molecule has 0 bridgehead atoms. The van der Waals surface area contributed by atoms with Crippen molar-refractivity contribution < 1.29 is 0 Å². The molecule has 0 atom stereocenters. The highest BCUT2D eigenvalue weighted by atomic mass is 79.9. The molecule has 0 saturated carbocycles. The van der Waals surface area contributed by atoms with E-state index in [9.17, 15) is 0 Å². The van der Waals surface area contributed by atoms with Crippen LogP contribution < -0.4 is 5.73 Å². The van der Waals surface area contributed by atoms with Crippen LogP contribution in [0.2, 0.25) is 0 Å². The van der Waals surface area contributed by atoms with Crippen LogP contribution in [0.25, 0.3) is 0 Å². The quantitative estimate of drug-likeness (QED) is 0.701. The number of hydrogen-bond acceptors (Lipinski definition) is 3. The number of nitrogens with zero attached hydrogens (tertiary/aromatic N) is 3. The first-order valence-corrected chi connectivity index (χ1v) is 3.55. The van der Waals surface area contributed by atoms with E-state index in [1.807, 2.05) is 4.57 Å². The minimum atomic E-state index is 0. The van der Waals surface area contributed by atoms with Gasteiger partial charge in [-0.15, -0.1) is 27.2 Å². The first-order chi connectivity index (χ1) is 4.88. The van der Waals surface area contributed by atoms with Gasteiger partial charge >= 0.3 is 0 Å². The Hall–Kier alpha value is -0.580. The molecule has 1 aliphatic rings. The van der Waals surface area contributed by atoms with Crippen molar-refractivity contribution in [3.8, 4) is 0 Å². The van der Waals surface area contributed by atoms with Crippen molar-refractivity contribution in [2.24, 2.45) is 0 Å². The van der Waals surface area contributed by atoms with Crippen LogP contribution in [0.1, 0.15) is 18.7 Å². The summed E-state index contributed by atoms with van der Waals surface area (Å²) in [6.45, 7) is 0.994. The third kappa shape index (κ3) is 1.38. The monoisotopic (exact) mass is 218 g/mol. The Bertz CT molecular complexity index is 245. The highest BCUT2D eigenvalue weighted by molar-refractivity contribution is 8.93. The number of aromatic nitrogens is 3. The fraction of sp³-hybridized carbons (Fsp3) is 0.667. The van der Waals surface area contributed by atoms with E-state index in [1.54, 1.807) is 0 Å². The molecule has 0 unspecified atom stereocenters. The van der Waals surface area contributed by atoms with Crippen LogP contribution in [-0.2, 0) is 13.0 Å². The molecule has 0 saturated heterocycles. The Morgan fingerprint density at radius 3 is 2.82 bits per heavy atom. The standard InChI is InChI=1S/C6H10N4.BrH/c7-6-9-8-5-3-1-2-4-10(5)6;/h1-4H2,(H2,7,9);1H. The molecule has 5 heteroatoms. The van der Waals surface area contributed by atoms with Gasteiger partial charge in [0.2, 0.25) is 5.95 Å². The zero-order chi connectivity index (χ0) is 6.97. The van der Waals surface area contributed by atoms with Gasteiger partial charge in [0.25, 0.3) is 0 Å². The number of halogens is 1. The molecule has 1 aliphatic heterocycles. The van der Waals surface area contributed by atoms with Crippen molar-refractivity contribution in [3.05, 3.63) is 5.82 Å². The van der Waals surface area contributed by atoms with E-state index >= 15 is 0 Å². The molecular weight excluding hydrogens is 208 g/mol. The minimum absolute atomic E-state index is 0. The lowest BCUT2D eigenvalue weighted by Crippen LogP contribution is -2.12. The predicted octanol–water partition coefficient (Wildman–Crippen LogP) is 0.775. The number of hydrogen-bond donors (Lipinski definition) is 1. The number of aryl methyl sites for hydroxylation is 1. The van der Waals surface area contributed by atoms with E-state index in [0.29, 0.717) is 5.95 Å². The van der Waals surface area contributed by atoms with Crippen LogP contribution in [0.5, 0.6) is 0 Å². The summed E-state index contributed by atoms with van der Waals surface area (Å²) >= 11 is 0. The van der Waals surface area contributed by atoms with Gasteiger partial charge in [-0.1, -0.05) is 0 Å². The summed E-state index contributed by atoms with van der Waals surface area (Å²) in [6, 6.07) is 0. The second kappa shape index (κ2) is 3.21. The number of nitrogens with two attached hydrogens (primary N) is 1. The molecule has 1 aromatic rings. The Labute approximate surface area is 75.6 Å². The summed E-state index contributed by atoms with van der Waals surface area (Å²) in [5, 5.41) is 7.73. The largest absolute Gasteiger partial charge is 0.368 e. The van der Waals surface area contributed by atoms with Crippen LogP contribution in [0, 0.1) is 0 Å². The van der Waals surface area contributed by atoms with E-state index in [1.165, 1.54) is 12.8 Å². The summed E-state index contributed by atoms with van der Waals surface area (Å²) in [5.41, 5.74) is 5.55. The molecule has 1 aromatic heterocycles. The summed E-state index contributed by atoms with van der Waals surface area (Å²) < 4.78 is 1.99. The van der Waals surface area contributed by atoms with Gasteiger partial charge in [-0.25, -0.2) is 0 Å². The first-order valence-electron chi connectivity index (χ1n) is 3.55. The van der Waals surface area contributed by atoms with Gasteiger partial charge in [0.1, 0.15) is 5.82 Å². The Morgan fingerprint density at radius 1 is 1.27 bits per heavy atom. The van der Waals surface area contributed by atoms with Crippen molar-refractivity contribution in [2.75, 3.05) is 5.73 Å². The van der Waals surface area contributed by atoms with Crippen molar-refractivity contribution in [1.82, 2.24) is 14.8 Å². The Balaban J connectivity index is 0.000000605. The smallest absolute Gasteiger partial charge is 0.221 e. The molecule has 0 amide bonds.